The molecule has 0 unspecified atom stereocenters. The Labute approximate surface area is 205 Å². The molecule has 1 aliphatic heterocycles. The highest BCUT2D eigenvalue weighted by Crippen LogP contribution is 2.28. The summed E-state index contributed by atoms with van der Waals surface area (Å²) in [5, 5.41) is 10.3. The molecule has 0 saturated carbocycles. The standard InChI is InChI=1S/C26H31N3O5S/c1-3-28-22(16-19-11-12-20(26(31)32)17-23(19)28)14-13-21-10-7-15-29(21)25(30)24(27-35(2,33)34)18-8-5-4-6-9-18/h4-6,8-9,11-12,16-17,21,24,27H,3,7,10,13-15H2,1-2H3,(H,31,32)/t21-,24+/m0/s1. The third-order valence-corrected chi connectivity index (χ3v) is 7.32. The highest BCUT2D eigenvalue weighted by molar-refractivity contribution is 7.88. The molecule has 1 aliphatic rings. The van der Waals surface area contributed by atoms with Gasteiger partial charge < -0.3 is 14.6 Å². The number of fused-ring (bicyclic) bond motifs is 1. The van der Waals surface area contributed by atoms with Crippen LogP contribution in [0.15, 0.2) is 54.6 Å². The number of amides is 1. The summed E-state index contributed by atoms with van der Waals surface area (Å²) < 4.78 is 28.7. The van der Waals surface area contributed by atoms with E-state index in [0.717, 1.165) is 48.5 Å². The number of likely N-dealkylation sites (tertiary alicyclic amines) is 1. The van der Waals surface area contributed by atoms with Gasteiger partial charge in [-0.2, -0.15) is 4.72 Å². The SMILES string of the molecule is CCn1c(CC[C@@H]2CCCN2C(=O)[C@H](NS(C)(=O)=O)c2ccccc2)cc2ccc(C(=O)O)cc21. The van der Waals surface area contributed by atoms with Crippen LogP contribution in [0.1, 0.15) is 53.8 Å². The zero-order valence-corrected chi connectivity index (χ0v) is 20.8. The highest BCUT2D eigenvalue weighted by Gasteiger charge is 2.35. The second kappa shape index (κ2) is 10.2. The zero-order valence-electron chi connectivity index (χ0n) is 20.0. The highest BCUT2D eigenvalue weighted by atomic mass is 32.2. The van der Waals surface area contributed by atoms with Crippen molar-refractivity contribution >= 4 is 32.8 Å². The number of nitrogens with one attached hydrogen (secondary N) is 1. The van der Waals surface area contributed by atoms with Crippen molar-refractivity contribution in [2.45, 2.75) is 51.2 Å². The van der Waals surface area contributed by atoms with Gasteiger partial charge in [0.05, 0.1) is 11.8 Å². The fraction of sp³-hybridized carbons (Fsp3) is 0.385. The van der Waals surface area contributed by atoms with E-state index >= 15 is 0 Å². The molecule has 1 saturated heterocycles. The lowest BCUT2D eigenvalue weighted by atomic mass is 10.0. The number of sulfonamides is 1. The quantitative estimate of drug-likeness (QED) is 0.470. The first-order valence-electron chi connectivity index (χ1n) is 11.9. The number of carbonyl (C=O) groups is 2. The Balaban J connectivity index is 1.54. The second-order valence-electron chi connectivity index (χ2n) is 9.06. The van der Waals surface area contributed by atoms with Crippen molar-refractivity contribution in [3.05, 3.63) is 71.4 Å². The van der Waals surface area contributed by atoms with Gasteiger partial charge in [-0.05, 0) is 61.8 Å². The Bertz CT molecular complexity index is 1330. The van der Waals surface area contributed by atoms with Crippen LogP contribution in [0.2, 0.25) is 0 Å². The number of nitrogens with zero attached hydrogens (tertiary/aromatic N) is 2. The fourth-order valence-electron chi connectivity index (χ4n) is 5.05. The van der Waals surface area contributed by atoms with Gasteiger partial charge in [0.25, 0.3) is 0 Å². The normalized spacial score (nSPS) is 17.1. The summed E-state index contributed by atoms with van der Waals surface area (Å²) in [5.41, 5.74) is 2.87. The van der Waals surface area contributed by atoms with Gasteiger partial charge >= 0.3 is 5.97 Å². The number of aromatic nitrogens is 1. The molecule has 4 rings (SSSR count). The van der Waals surface area contributed by atoms with E-state index in [0.29, 0.717) is 18.7 Å². The van der Waals surface area contributed by atoms with Crippen molar-refractivity contribution in [2.24, 2.45) is 0 Å². The van der Waals surface area contributed by atoms with Gasteiger partial charge in [0.1, 0.15) is 6.04 Å². The molecule has 0 aliphatic carbocycles. The third-order valence-electron chi connectivity index (χ3n) is 6.66. The van der Waals surface area contributed by atoms with Crippen molar-refractivity contribution < 1.29 is 23.1 Å². The topological polar surface area (TPSA) is 109 Å². The van der Waals surface area contributed by atoms with Gasteiger partial charge in [0.2, 0.25) is 15.9 Å². The lowest BCUT2D eigenvalue weighted by Crippen LogP contribution is -2.44. The minimum atomic E-state index is -3.59. The maximum absolute atomic E-state index is 13.5. The number of hydrogen-bond acceptors (Lipinski definition) is 4. The Morgan fingerprint density at radius 1 is 1.14 bits per heavy atom. The summed E-state index contributed by atoms with van der Waals surface area (Å²) in [7, 11) is -3.59. The third kappa shape index (κ3) is 5.57. The van der Waals surface area contributed by atoms with Crippen molar-refractivity contribution in [3.8, 4) is 0 Å². The first-order chi connectivity index (χ1) is 16.7. The summed E-state index contributed by atoms with van der Waals surface area (Å²) in [6, 6.07) is 15.2. The van der Waals surface area contributed by atoms with E-state index in [-0.39, 0.29) is 17.5 Å². The minimum Gasteiger partial charge on any atom is -0.478 e. The van der Waals surface area contributed by atoms with Gasteiger partial charge in [-0.15, -0.1) is 0 Å². The Kier molecular flexibility index (Phi) is 7.28. The summed E-state index contributed by atoms with van der Waals surface area (Å²) >= 11 is 0. The number of benzene rings is 2. The molecule has 2 N–H and O–H groups in total. The molecule has 3 aromatic rings. The molecule has 2 aromatic carbocycles. The monoisotopic (exact) mass is 497 g/mol. The number of carboxylic acids is 1. The molecule has 1 amide bonds. The maximum atomic E-state index is 13.5. The van der Waals surface area contributed by atoms with Crippen molar-refractivity contribution in [2.75, 3.05) is 12.8 Å². The second-order valence-corrected chi connectivity index (χ2v) is 10.8. The lowest BCUT2D eigenvalue weighted by Gasteiger charge is -2.29. The molecule has 2 atom stereocenters. The molecule has 1 aromatic heterocycles. The molecule has 35 heavy (non-hydrogen) atoms. The molecule has 9 heteroatoms. The van der Waals surface area contributed by atoms with Crippen LogP contribution >= 0.6 is 0 Å². The summed E-state index contributed by atoms with van der Waals surface area (Å²) in [5.74, 6) is -1.18. The summed E-state index contributed by atoms with van der Waals surface area (Å²) in [6.07, 6.45) is 4.28. The van der Waals surface area contributed by atoms with E-state index in [1.807, 2.05) is 24.0 Å². The lowest BCUT2D eigenvalue weighted by molar-refractivity contribution is -0.134. The Morgan fingerprint density at radius 2 is 1.89 bits per heavy atom. The van der Waals surface area contributed by atoms with Gasteiger partial charge in [-0.3, -0.25) is 4.79 Å². The van der Waals surface area contributed by atoms with Gasteiger partial charge in [0, 0.05) is 30.3 Å². The maximum Gasteiger partial charge on any atom is 0.335 e. The molecule has 0 radical (unpaired) electrons. The number of hydrogen-bond donors (Lipinski definition) is 2. The predicted octanol–water partition coefficient (Wildman–Crippen LogP) is 3.57. The zero-order chi connectivity index (χ0) is 25.2. The van der Waals surface area contributed by atoms with Crippen molar-refractivity contribution in [1.82, 2.24) is 14.2 Å². The summed E-state index contributed by atoms with van der Waals surface area (Å²) in [6.45, 7) is 3.34. The summed E-state index contributed by atoms with van der Waals surface area (Å²) in [4.78, 5) is 26.8. The molecular weight excluding hydrogens is 466 g/mol. The van der Waals surface area contributed by atoms with E-state index in [1.165, 1.54) is 0 Å². The minimum absolute atomic E-state index is 0.00738. The van der Waals surface area contributed by atoms with Gasteiger partial charge in [-0.1, -0.05) is 36.4 Å². The molecule has 186 valence electrons. The van der Waals surface area contributed by atoms with Crippen LogP contribution in [-0.2, 0) is 27.8 Å². The van der Waals surface area contributed by atoms with Crippen LogP contribution in [0, 0.1) is 0 Å². The number of carbonyl (C=O) groups excluding carboxylic acids is 1. The molecule has 8 nitrogen and oxygen atoms in total. The molecular formula is C26H31N3O5S. The molecule has 0 bridgehead atoms. The smallest absolute Gasteiger partial charge is 0.335 e. The average Bonchev–Trinajstić information content (AvgIpc) is 3.44. The Morgan fingerprint density at radius 3 is 2.54 bits per heavy atom. The van der Waals surface area contributed by atoms with Crippen molar-refractivity contribution in [1.29, 1.82) is 0 Å². The number of aryl methyl sites for hydroxylation is 2. The van der Waals surface area contributed by atoms with E-state index in [4.69, 9.17) is 0 Å². The van der Waals surface area contributed by atoms with Crippen LogP contribution in [0.3, 0.4) is 0 Å². The fourth-order valence-corrected chi connectivity index (χ4v) is 5.72. The largest absolute Gasteiger partial charge is 0.478 e. The first kappa shape index (κ1) is 24.9. The van der Waals surface area contributed by atoms with E-state index < -0.39 is 22.0 Å². The van der Waals surface area contributed by atoms with Crippen LogP contribution in [0.4, 0.5) is 0 Å². The predicted molar refractivity (Wildman–Crippen MR) is 135 cm³/mol. The van der Waals surface area contributed by atoms with Crippen molar-refractivity contribution in [3.63, 3.8) is 0 Å². The number of aromatic carboxylic acids is 1. The van der Waals surface area contributed by atoms with E-state index in [2.05, 4.69) is 15.4 Å². The van der Waals surface area contributed by atoms with Crippen LogP contribution in [0.25, 0.3) is 10.9 Å². The molecule has 0 spiro atoms. The first-order valence-corrected chi connectivity index (χ1v) is 13.7. The number of carboxylic acid groups (broad SMARTS) is 1. The van der Waals surface area contributed by atoms with Crippen LogP contribution in [-0.4, -0.2) is 53.7 Å². The van der Waals surface area contributed by atoms with Crippen LogP contribution in [0.5, 0.6) is 0 Å². The number of rotatable bonds is 9. The van der Waals surface area contributed by atoms with E-state index in [1.54, 1.807) is 36.4 Å². The van der Waals surface area contributed by atoms with Gasteiger partial charge in [-0.25, -0.2) is 13.2 Å². The Hall–Kier alpha value is -3.17. The molecule has 1 fully saturated rings. The van der Waals surface area contributed by atoms with Gasteiger partial charge in [0.15, 0.2) is 0 Å². The van der Waals surface area contributed by atoms with Crippen LogP contribution < -0.4 is 4.72 Å². The molecule has 2 heterocycles. The van der Waals surface area contributed by atoms with E-state index in [9.17, 15) is 23.1 Å². The average molecular weight is 498 g/mol.